The maximum atomic E-state index is 12.5. The smallest absolute Gasteiger partial charge is 0.336 e. The van der Waals surface area contributed by atoms with E-state index < -0.39 is 18.4 Å². The molecule has 0 unspecified atom stereocenters. The lowest BCUT2D eigenvalue weighted by atomic mass is 10.2. The monoisotopic (exact) mass is 192 g/mol. The summed E-state index contributed by atoms with van der Waals surface area (Å²) < 4.78 is 25.1. The number of halogens is 2. The Labute approximate surface area is 75.7 Å². The number of hydrogen-bond donors (Lipinski definition) is 2. The van der Waals surface area contributed by atoms with E-state index in [1.165, 1.54) is 12.8 Å². The Bertz CT molecular complexity index is 193. The summed E-state index contributed by atoms with van der Waals surface area (Å²) in [7, 11) is 0. The predicted octanol–water partition coefficient (Wildman–Crippen LogP) is 0.497. The Morgan fingerprint density at radius 2 is 2.15 bits per heavy atom. The van der Waals surface area contributed by atoms with E-state index >= 15 is 0 Å². The molecule has 0 saturated heterocycles. The second-order valence-electron chi connectivity index (χ2n) is 3.48. The van der Waals surface area contributed by atoms with Gasteiger partial charge in [-0.1, -0.05) is 12.8 Å². The fourth-order valence-electron chi connectivity index (χ4n) is 1.05. The molecule has 1 rings (SSSR count). The van der Waals surface area contributed by atoms with Crippen LogP contribution in [0.5, 0.6) is 0 Å². The third-order valence-corrected chi connectivity index (χ3v) is 2.13. The van der Waals surface area contributed by atoms with Crippen LogP contribution in [0.4, 0.5) is 8.78 Å². The van der Waals surface area contributed by atoms with Crippen molar-refractivity contribution in [1.82, 2.24) is 5.32 Å². The van der Waals surface area contributed by atoms with Crippen LogP contribution in [0, 0.1) is 5.92 Å². The van der Waals surface area contributed by atoms with Crippen LogP contribution >= 0.6 is 0 Å². The summed E-state index contributed by atoms with van der Waals surface area (Å²) in [5.74, 6) is -4.27. The van der Waals surface area contributed by atoms with Gasteiger partial charge in [0.25, 0.3) is 5.91 Å². The van der Waals surface area contributed by atoms with Crippen molar-refractivity contribution in [2.75, 3.05) is 13.1 Å². The van der Waals surface area contributed by atoms with E-state index in [0.717, 1.165) is 6.42 Å². The standard InChI is InChI=1S/C8H14F2N2O/c9-8(10,7(11)13)5-12-4-3-6-1-2-6/h6,12H,1-5H2,(H2,11,13). The van der Waals surface area contributed by atoms with Gasteiger partial charge in [0, 0.05) is 0 Å². The topological polar surface area (TPSA) is 55.1 Å². The molecule has 0 aliphatic heterocycles. The summed E-state index contributed by atoms with van der Waals surface area (Å²) in [4.78, 5) is 10.2. The first-order chi connectivity index (χ1) is 6.02. The summed E-state index contributed by atoms with van der Waals surface area (Å²) in [6.07, 6.45) is 3.32. The molecule has 3 nitrogen and oxygen atoms in total. The second kappa shape index (κ2) is 4.00. The highest BCUT2D eigenvalue weighted by molar-refractivity contribution is 5.81. The summed E-state index contributed by atoms with van der Waals surface area (Å²) in [5.41, 5.74) is 4.50. The van der Waals surface area contributed by atoms with Crippen LogP contribution in [0.2, 0.25) is 0 Å². The highest BCUT2D eigenvalue weighted by Gasteiger charge is 2.35. The number of rotatable bonds is 6. The molecule has 0 radical (unpaired) electrons. The first-order valence-corrected chi connectivity index (χ1v) is 4.41. The van der Waals surface area contributed by atoms with Gasteiger partial charge in [-0.3, -0.25) is 4.79 Å². The van der Waals surface area contributed by atoms with Gasteiger partial charge in [-0.15, -0.1) is 0 Å². The largest absolute Gasteiger partial charge is 0.364 e. The highest BCUT2D eigenvalue weighted by Crippen LogP contribution is 2.31. The van der Waals surface area contributed by atoms with E-state index in [-0.39, 0.29) is 0 Å². The lowest BCUT2D eigenvalue weighted by Crippen LogP contribution is -2.44. The summed E-state index contributed by atoms with van der Waals surface area (Å²) in [6, 6.07) is 0. The van der Waals surface area contributed by atoms with E-state index in [4.69, 9.17) is 0 Å². The first kappa shape index (κ1) is 10.4. The van der Waals surface area contributed by atoms with Gasteiger partial charge in [0.1, 0.15) is 0 Å². The number of alkyl halides is 2. The SMILES string of the molecule is NC(=O)C(F)(F)CNCCC1CC1. The van der Waals surface area contributed by atoms with Crippen molar-refractivity contribution < 1.29 is 13.6 Å². The Morgan fingerprint density at radius 3 is 2.62 bits per heavy atom. The Morgan fingerprint density at radius 1 is 1.54 bits per heavy atom. The zero-order valence-corrected chi connectivity index (χ0v) is 7.35. The molecule has 0 heterocycles. The quantitative estimate of drug-likeness (QED) is 0.602. The maximum Gasteiger partial charge on any atom is 0.336 e. The van der Waals surface area contributed by atoms with Crippen molar-refractivity contribution in [2.45, 2.75) is 25.2 Å². The number of nitrogens with two attached hydrogens (primary N) is 1. The number of primary amides is 1. The molecule has 1 fully saturated rings. The molecule has 0 aromatic rings. The van der Waals surface area contributed by atoms with Gasteiger partial charge in [-0.25, -0.2) is 0 Å². The average molecular weight is 192 g/mol. The fraction of sp³-hybridized carbons (Fsp3) is 0.875. The summed E-state index contributed by atoms with van der Waals surface area (Å²) >= 11 is 0. The molecule has 0 aromatic heterocycles. The molecule has 1 aliphatic rings. The first-order valence-electron chi connectivity index (χ1n) is 4.41. The summed E-state index contributed by atoms with van der Waals surface area (Å²) in [5, 5.41) is 2.53. The number of hydrogen-bond acceptors (Lipinski definition) is 2. The van der Waals surface area contributed by atoms with E-state index in [0.29, 0.717) is 12.5 Å². The van der Waals surface area contributed by atoms with Gasteiger partial charge in [-0.2, -0.15) is 8.78 Å². The lowest BCUT2D eigenvalue weighted by molar-refractivity contribution is -0.141. The average Bonchev–Trinajstić information content (AvgIpc) is 2.81. The van der Waals surface area contributed by atoms with E-state index in [1.54, 1.807) is 0 Å². The maximum absolute atomic E-state index is 12.5. The van der Waals surface area contributed by atoms with Gasteiger partial charge in [0.05, 0.1) is 6.54 Å². The van der Waals surface area contributed by atoms with E-state index in [2.05, 4.69) is 11.1 Å². The van der Waals surface area contributed by atoms with Crippen LogP contribution in [0.15, 0.2) is 0 Å². The van der Waals surface area contributed by atoms with Crippen LogP contribution in [-0.4, -0.2) is 24.9 Å². The normalized spacial score (nSPS) is 17.4. The third kappa shape index (κ3) is 3.67. The number of carbonyl (C=O) groups excluding carboxylic acids is 1. The van der Waals surface area contributed by atoms with Crippen molar-refractivity contribution in [3.63, 3.8) is 0 Å². The molecule has 76 valence electrons. The van der Waals surface area contributed by atoms with Gasteiger partial charge in [-0.05, 0) is 18.9 Å². The molecule has 13 heavy (non-hydrogen) atoms. The van der Waals surface area contributed by atoms with Gasteiger partial charge in [0.2, 0.25) is 0 Å². The van der Waals surface area contributed by atoms with E-state index in [9.17, 15) is 13.6 Å². The van der Waals surface area contributed by atoms with Gasteiger partial charge in [0.15, 0.2) is 0 Å². The van der Waals surface area contributed by atoms with Crippen molar-refractivity contribution in [3.8, 4) is 0 Å². The van der Waals surface area contributed by atoms with E-state index in [1.807, 2.05) is 0 Å². The third-order valence-electron chi connectivity index (χ3n) is 2.13. The number of amides is 1. The fourth-order valence-corrected chi connectivity index (χ4v) is 1.05. The summed E-state index contributed by atoms with van der Waals surface area (Å²) in [6.45, 7) is -0.109. The molecular formula is C8H14F2N2O. The van der Waals surface area contributed by atoms with Crippen molar-refractivity contribution in [2.24, 2.45) is 11.7 Å². The number of nitrogens with one attached hydrogen (secondary N) is 1. The zero-order valence-electron chi connectivity index (χ0n) is 7.35. The van der Waals surface area contributed by atoms with Crippen LogP contribution in [0.3, 0.4) is 0 Å². The van der Waals surface area contributed by atoms with Crippen molar-refractivity contribution in [3.05, 3.63) is 0 Å². The van der Waals surface area contributed by atoms with Crippen LogP contribution in [0.1, 0.15) is 19.3 Å². The molecule has 1 amide bonds. The molecule has 1 aliphatic carbocycles. The predicted molar refractivity (Wildman–Crippen MR) is 44.4 cm³/mol. The molecule has 3 N–H and O–H groups in total. The van der Waals surface area contributed by atoms with Crippen molar-refractivity contribution in [1.29, 1.82) is 0 Å². The van der Waals surface area contributed by atoms with Gasteiger partial charge >= 0.3 is 5.92 Å². The minimum atomic E-state index is -3.41. The Balaban J connectivity index is 2.05. The minimum absolute atomic E-state index is 0.535. The molecule has 1 saturated carbocycles. The molecule has 0 spiro atoms. The molecule has 0 atom stereocenters. The number of carbonyl (C=O) groups is 1. The van der Waals surface area contributed by atoms with Crippen molar-refractivity contribution >= 4 is 5.91 Å². The van der Waals surface area contributed by atoms with Crippen LogP contribution < -0.4 is 11.1 Å². The lowest BCUT2D eigenvalue weighted by Gasteiger charge is -2.12. The van der Waals surface area contributed by atoms with Crippen LogP contribution in [-0.2, 0) is 4.79 Å². The zero-order chi connectivity index (χ0) is 9.90. The Hall–Kier alpha value is -0.710. The van der Waals surface area contributed by atoms with Gasteiger partial charge < -0.3 is 11.1 Å². The molecule has 5 heteroatoms. The highest BCUT2D eigenvalue weighted by atomic mass is 19.3. The minimum Gasteiger partial charge on any atom is -0.364 e. The molecule has 0 bridgehead atoms. The second-order valence-corrected chi connectivity index (χ2v) is 3.48. The Kier molecular flexibility index (Phi) is 3.19. The van der Waals surface area contributed by atoms with Crippen LogP contribution in [0.25, 0.3) is 0 Å². The molecule has 0 aromatic carbocycles. The molecular weight excluding hydrogens is 178 g/mol.